The lowest BCUT2D eigenvalue weighted by Gasteiger charge is -2.33. The summed E-state index contributed by atoms with van der Waals surface area (Å²) in [7, 11) is 0. The fourth-order valence-electron chi connectivity index (χ4n) is 1.88. The van der Waals surface area contributed by atoms with Gasteiger partial charge in [0.05, 0.1) is 12.1 Å². The number of nitriles is 1. The van der Waals surface area contributed by atoms with Crippen LogP contribution in [0.15, 0.2) is 36.4 Å². The van der Waals surface area contributed by atoms with E-state index in [1.165, 1.54) is 6.08 Å². The van der Waals surface area contributed by atoms with Crippen molar-refractivity contribution < 1.29 is 4.79 Å². The lowest BCUT2D eigenvalue weighted by atomic mass is 9.91. The number of rotatable bonds is 1. The van der Waals surface area contributed by atoms with Crippen molar-refractivity contribution in [3.63, 3.8) is 0 Å². The molecule has 1 N–H and O–H groups in total. The maximum absolute atomic E-state index is 12.0. The van der Waals surface area contributed by atoms with E-state index in [0.717, 1.165) is 5.56 Å². The van der Waals surface area contributed by atoms with Crippen molar-refractivity contribution in [3.8, 4) is 6.07 Å². The van der Waals surface area contributed by atoms with E-state index in [4.69, 9.17) is 40.1 Å². The quantitative estimate of drug-likeness (QED) is 0.810. The Morgan fingerprint density at radius 1 is 1.21 bits per heavy atom. The summed E-state index contributed by atoms with van der Waals surface area (Å²) < 4.78 is -1.75. The van der Waals surface area contributed by atoms with E-state index in [1.807, 2.05) is 36.4 Å². The molecule has 0 radical (unpaired) electrons. The monoisotopic (exact) mass is 314 g/mol. The van der Waals surface area contributed by atoms with E-state index >= 15 is 0 Å². The molecule has 98 valence electrons. The second kappa shape index (κ2) is 5.42. The minimum Gasteiger partial charge on any atom is -0.376 e. The molecule has 1 heterocycles. The van der Waals surface area contributed by atoms with Crippen LogP contribution in [0.2, 0.25) is 0 Å². The summed E-state index contributed by atoms with van der Waals surface area (Å²) in [6.07, 6.45) is 1.37. The van der Waals surface area contributed by atoms with E-state index in [-0.39, 0.29) is 5.78 Å². The zero-order chi connectivity index (χ0) is 14.0. The normalized spacial score (nSPS) is 23.3. The summed E-state index contributed by atoms with van der Waals surface area (Å²) in [5.74, 6) is -1.38. The molecule has 0 aromatic heterocycles. The highest BCUT2D eigenvalue weighted by Crippen LogP contribution is 2.37. The van der Waals surface area contributed by atoms with Crippen LogP contribution in [0, 0.1) is 17.2 Å². The molecule has 6 heteroatoms. The van der Waals surface area contributed by atoms with Crippen LogP contribution < -0.4 is 5.32 Å². The molecule has 19 heavy (non-hydrogen) atoms. The van der Waals surface area contributed by atoms with Crippen molar-refractivity contribution in [2.75, 3.05) is 0 Å². The Balaban J connectivity index is 2.40. The molecule has 3 nitrogen and oxygen atoms in total. The second-order valence-electron chi connectivity index (χ2n) is 4.10. The predicted molar refractivity (Wildman–Crippen MR) is 75.7 cm³/mol. The standard InChI is InChI=1S/C13H9Cl3N2O/c14-13(15,16)12-9(7-17)11(19)6-10(18-12)8-4-2-1-3-5-8/h1-6,9,12,18H. The molecular weight excluding hydrogens is 307 g/mol. The van der Waals surface area contributed by atoms with E-state index in [1.54, 1.807) is 0 Å². The van der Waals surface area contributed by atoms with Gasteiger partial charge in [-0.3, -0.25) is 4.79 Å². The van der Waals surface area contributed by atoms with Gasteiger partial charge in [0.25, 0.3) is 0 Å². The molecule has 2 rings (SSSR count). The Labute approximate surface area is 125 Å². The molecule has 1 aromatic rings. The Kier molecular flexibility index (Phi) is 4.05. The molecule has 0 saturated heterocycles. The number of carbonyl (C=O) groups is 1. The van der Waals surface area contributed by atoms with Crippen LogP contribution in [0.25, 0.3) is 5.70 Å². The largest absolute Gasteiger partial charge is 0.376 e. The first kappa shape index (κ1) is 14.2. The third kappa shape index (κ3) is 3.03. The van der Waals surface area contributed by atoms with Crippen LogP contribution in [0.1, 0.15) is 5.56 Å². The number of hydrogen-bond acceptors (Lipinski definition) is 3. The van der Waals surface area contributed by atoms with E-state index in [0.29, 0.717) is 5.70 Å². The molecule has 0 fully saturated rings. The highest BCUT2D eigenvalue weighted by Gasteiger charge is 2.44. The Hall–Kier alpha value is -1.21. The molecule has 0 spiro atoms. The molecule has 0 saturated carbocycles. The highest BCUT2D eigenvalue weighted by molar-refractivity contribution is 6.68. The molecule has 1 aromatic carbocycles. The summed E-state index contributed by atoms with van der Waals surface area (Å²) in [4.78, 5) is 12.0. The molecule has 0 bridgehead atoms. The van der Waals surface area contributed by atoms with Gasteiger partial charge < -0.3 is 5.32 Å². The topological polar surface area (TPSA) is 52.9 Å². The first-order chi connectivity index (χ1) is 8.93. The van der Waals surface area contributed by atoms with Gasteiger partial charge in [0.15, 0.2) is 5.78 Å². The van der Waals surface area contributed by atoms with Gasteiger partial charge >= 0.3 is 0 Å². The fraction of sp³-hybridized carbons (Fsp3) is 0.231. The average molecular weight is 316 g/mol. The highest BCUT2D eigenvalue weighted by atomic mass is 35.6. The Bertz CT molecular complexity index is 557. The van der Waals surface area contributed by atoms with Crippen molar-refractivity contribution in [2.45, 2.75) is 9.83 Å². The van der Waals surface area contributed by atoms with Gasteiger partial charge in [0.2, 0.25) is 3.79 Å². The number of allylic oxidation sites excluding steroid dienone is 1. The van der Waals surface area contributed by atoms with E-state index in [9.17, 15) is 4.79 Å². The molecule has 2 atom stereocenters. The van der Waals surface area contributed by atoms with Gasteiger partial charge in [-0.15, -0.1) is 0 Å². The van der Waals surface area contributed by atoms with Gasteiger partial charge in [0.1, 0.15) is 5.92 Å². The summed E-state index contributed by atoms with van der Waals surface area (Å²) in [6, 6.07) is 10.2. The maximum atomic E-state index is 12.0. The summed E-state index contributed by atoms with van der Waals surface area (Å²) >= 11 is 17.5. The maximum Gasteiger partial charge on any atom is 0.212 e. The van der Waals surface area contributed by atoms with E-state index in [2.05, 4.69) is 5.32 Å². The number of nitrogens with zero attached hydrogens (tertiary/aromatic N) is 1. The fourth-order valence-corrected chi connectivity index (χ4v) is 2.42. The number of carbonyl (C=O) groups excluding carboxylic acids is 1. The minimum atomic E-state index is -1.75. The van der Waals surface area contributed by atoms with Crippen LogP contribution in [-0.2, 0) is 4.79 Å². The van der Waals surface area contributed by atoms with Gasteiger partial charge in [-0.1, -0.05) is 65.1 Å². The van der Waals surface area contributed by atoms with Crippen LogP contribution in [0.3, 0.4) is 0 Å². The molecule has 2 unspecified atom stereocenters. The van der Waals surface area contributed by atoms with Crippen LogP contribution in [0.4, 0.5) is 0 Å². The Morgan fingerprint density at radius 3 is 2.37 bits per heavy atom. The van der Waals surface area contributed by atoms with Crippen LogP contribution >= 0.6 is 34.8 Å². The zero-order valence-electron chi connectivity index (χ0n) is 9.61. The number of nitrogens with one attached hydrogen (secondary N) is 1. The average Bonchev–Trinajstić information content (AvgIpc) is 2.37. The smallest absolute Gasteiger partial charge is 0.212 e. The minimum absolute atomic E-state index is 0.364. The zero-order valence-corrected chi connectivity index (χ0v) is 11.9. The first-order valence-corrected chi connectivity index (χ1v) is 6.60. The van der Waals surface area contributed by atoms with Crippen LogP contribution in [0.5, 0.6) is 0 Å². The van der Waals surface area contributed by atoms with E-state index < -0.39 is 15.8 Å². The number of ketones is 1. The van der Waals surface area contributed by atoms with Gasteiger partial charge in [-0.2, -0.15) is 5.26 Å². The lowest BCUT2D eigenvalue weighted by molar-refractivity contribution is -0.117. The van der Waals surface area contributed by atoms with Gasteiger partial charge in [-0.25, -0.2) is 0 Å². The molecule has 1 aliphatic rings. The molecule has 0 aliphatic carbocycles. The van der Waals surface area contributed by atoms with Crippen LogP contribution in [-0.4, -0.2) is 15.6 Å². The molecule has 0 amide bonds. The lowest BCUT2D eigenvalue weighted by Crippen LogP contribution is -2.50. The third-order valence-corrected chi connectivity index (χ3v) is 3.52. The summed E-state index contributed by atoms with van der Waals surface area (Å²) in [5, 5.41) is 12.0. The van der Waals surface area contributed by atoms with Crippen molar-refractivity contribution in [1.29, 1.82) is 5.26 Å². The predicted octanol–water partition coefficient (Wildman–Crippen LogP) is 3.08. The SMILES string of the molecule is N#CC1C(=O)C=C(c2ccccc2)NC1C(Cl)(Cl)Cl. The van der Waals surface area contributed by atoms with Crippen molar-refractivity contribution >= 4 is 46.3 Å². The first-order valence-electron chi connectivity index (χ1n) is 5.47. The number of benzene rings is 1. The number of halogens is 3. The van der Waals surface area contributed by atoms with Crippen molar-refractivity contribution in [2.24, 2.45) is 5.92 Å². The van der Waals surface area contributed by atoms with Crippen molar-refractivity contribution in [1.82, 2.24) is 5.32 Å². The third-order valence-electron chi connectivity index (χ3n) is 2.81. The van der Waals surface area contributed by atoms with Crippen molar-refractivity contribution in [3.05, 3.63) is 42.0 Å². The summed E-state index contributed by atoms with van der Waals surface area (Å²) in [6.45, 7) is 0. The Morgan fingerprint density at radius 2 is 1.84 bits per heavy atom. The van der Waals surface area contributed by atoms with Gasteiger partial charge in [-0.05, 0) is 5.56 Å². The molecule has 1 aliphatic heterocycles. The number of hydrogen-bond donors (Lipinski definition) is 1. The molecular formula is C13H9Cl3N2O. The summed E-state index contributed by atoms with van der Waals surface area (Å²) in [5.41, 5.74) is 1.35. The second-order valence-corrected chi connectivity index (χ2v) is 6.47. The number of alkyl halides is 3. The van der Waals surface area contributed by atoms with Gasteiger partial charge in [0, 0.05) is 11.8 Å².